The molecule has 2 saturated heterocycles. The minimum Gasteiger partial charge on any atom is -0.335 e. The Balaban J connectivity index is 1.72. The van der Waals surface area contributed by atoms with Gasteiger partial charge in [-0.25, -0.2) is 4.98 Å². The van der Waals surface area contributed by atoms with E-state index in [0.717, 1.165) is 37.4 Å². The summed E-state index contributed by atoms with van der Waals surface area (Å²) in [6.45, 7) is 4.09. The van der Waals surface area contributed by atoms with Crippen LogP contribution in [0.3, 0.4) is 0 Å². The highest BCUT2D eigenvalue weighted by atomic mass is 32.1. The Morgan fingerprint density at radius 2 is 2.32 bits per heavy atom. The molecule has 4 nitrogen and oxygen atoms in total. The van der Waals surface area contributed by atoms with Gasteiger partial charge in [-0.3, -0.25) is 4.79 Å². The summed E-state index contributed by atoms with van der Waals surface area (Å²) in [6.07, 6.45) is 5.82. The lowest BCUT2D eigenvalue weighted by Gasteiger charge is -2.32. The number of hydrogen-bond donors (Lipinski definition) is 1. The number of carbonyl (C=O) groups is 1. The van der Waals surface area contributed by atoms with Gasteiger partial charge in [0.25, 0.3) is 5.91 Å². The first kappa shape index (κ1) is 13.1. The van der Waals surface area contributed by atoms with Crippen LogP contribution in [0, 0.1) is 0 Å². The van der Waals surface area contributed by atoms with Crippen LogP contribution in [0.2, 0.25) is 0 Å². The predicted molar refractivity (Wildman–Crippen MR) is 76.4 cm³/mol. The highest BCUT2D eigenvalue weighted by Gasteiger charge is 2.27. The third-order valence-electron chi connectivity index (χ3n) is 4.16. The van der Waals surface area contributed by atoms with E-state index in [0.29, 0.717) is 17.8 Å². The minimum atomic E-state index is 0.118. The average Bonchev–Trinajstić information content (AvgIpc) is 3.09. The van der Waals surface area contributed by atoms with E-state index in [1.54, 1.807) is 11.3 Å². The highest BCUT2D eigenvalue weighted by molar-refractivity contribution is 7.09. The van der Waals surface area contributed by atoms with Crippen LogP contribution in [0.5, 0.6) is 0 Å². The maximum Gasteiger partial charge on any atom is 0.273 e. The molecule has 0 spiro atoms. The van der Waals surface area contributed by atoms with Crippen molar-refractivity contribution in [3.8, 4) is 0 Å². The second-order valence-corrected chi connectivity index (χ2v) is 6.45. The first-order valence-corrected chi connectivity index (χ1v) is 8.13. The fourth-order valence-electron chi connectivity index (χ4n) is 2.99. The molecule has 5 heteroatoms. The van der Waals surface area contributed by atoms with Crippen molar-refractivity contribution in [1.82, 2.24) is 15.2 Å². The molecule has 0 aliphatic carbocycles. The summed E-state index contributed by atoms with van der Waals surface area (Å²) in [4.78, 5) is 19.0. The number of nitrogens with zero attached hydrogens (tertiary/aromatic N) is 2. The molecule has 1 amide bonds. The molecule has 19 heavy (non-hydrogen) atoms. The van der Waals surface area contributed by atoms with Gasteiger partial charge in [-0.2, -0.15) is 0 Å². The maximum atomic E-state index is 12.5. The molecule has 3 rings (SSSR count). The fourth-order valence-corrected chi connectivity index (χ4v) is 3.89. The topological polar surface area (TPSA) is 45.2 Å². The summed E-state index contributed by atoms with van der Waals surface area (Å²) in [6, 6.07) is 0.723. The number of nitrogens with one attached hydrogen (secondary N) is 1. The lowest BCUT2D eigenvalue weighted by atomic mass is 10.0. The number of rotatable bonds is 2. The van der Waals surface area contributed by atoms with Crippen LogP contribution in [-0.4, -0.2) is 34.9 Å². The molecule has 2 aliphatic rings. The van der Waals surface area contributed by atoms with Gasteiger partial charge in [0.05, 0.1) is 6.04 Å². The summed E-state index contributed by atoms with van der Waals surface area (Å²) in [5.74, 6) is 0.118. The number of amides is 1. The van der Waals surface area contributed by atoms with Gasteiger partial charge in [0.15, 0.2) is 0 Å². The molecule has 3 heterocycles. The zero-order valence-electron chi connectivity index (χ0n) is 11.4. The molecule has 0 bridgehead atoms. The number of likely N-dealkylation sites (tertiary alicyclic amines) is 1. The Morgan fingerprint density at radius 3 is 3.05 bits per heavy atom. The van der Waals surface area contributed by atoms with Crippen molar-refractivity contribution < 1.29 is 4.79 Å². The first-order valence-electron chi connectivity index (χ1n) is 7.25. The molecular formula is C14H21N3OS. The van der Waals surface area contributed by atoms with Crippen LogP contribution < -0.4 is 5.32 Å². The Bertz CT molecular complexity index is 453. The Labute approximate surface area is 118 Å². The van der Waals surface area contributed by atoms with Crippen molar-refractivity contribution in [3.63, 3.8) is 0 Å². The zero-order valence-corrected chi connectivity index (χ0v) is 12.2. The fraction of sp³-hybridized carbons (Fsp3) is 0.714. The van der Waals surface area contributed by atoms with Gasteiger partial charge in [-0.1, -0.05) is 0 Å². The standard InChI is InChI=1S/C14H21N3OS/c1-10-5-2-3-8-17(10)14(18)12-9-19-13(16-12)11-6-4-7-15-11/h9-11,15H,2-8H2,1H3. The maximum absolute atomic E-state index is 12.5. The Kier molecular flexibility index (Phi) is 3.84. The lowest BCUT2D eigenvalue weighted by Crippen LogP contribution is -2.42. The summed E-state index contributed by atoms with van der Waals surface area (Å²) in [5, 5.41) is 6.44. The third-order valence-corrected chi connectivity index (χ3v) is 5.12. The summed E-state index contributed by atoms with van der Waals surface area (Å²) < 4.78 is 0. The monoisotopic (exact) mass is 279 g/mol. The van der Waals surface area contributed by atoms with E-state index in [2.05, 4.69) is 17.2 Å². The van der Waals surface area contributed by atoms with Crippen molar-refractivity contribution in [2.24, 2.45) is 0 Å². The molecule has 1 aromatic heterocycles. The second kappa shape index (κ2) is 5.59. The van der Waals surface area contributed by atoms with Gasteiger partial charge in [0.2, 0.25) is 0 Å². The van der Waals surface area contributed by atoms with Crippen molar-refractivity contribution >= 4 is 17.2 Å². The molecule has 2 aliphatic heterocycles. The van der Waals surface area contributed by atoms with Gasteiger partial charge >= 0.3 is 0 Å². The SMILES string of the molecule is CC1CCCCN1C(=O)c1csc(C2CCCN2)n1. The molecule has 0 saturated carbocycles. The van der Waals surface area contributed by atoms with Crippen LogP contribution in [0.25, 0.3) is 0 Å². The predicted octanol–water partition coefficient (Wildman–Crippen LogP) is 2.58. The van der Waals surface area contributed by atoms with E-state index < -0.39 is 0 Å². The van der Waals surface area contributed by atoms with E-state index >= 15 is 0 Å². The molecule has 2 fully saturated rings. The zero-order chi connectivity index (χ0) is 13.2. The van der Waals surface area contributed by atoms with Crippen LogP contribution in [0.15, 0.2) is 5.38 Å². The van der Waals surface area contributed by atoms with Crippen LogP contribution >= 0.6 is 11.3 Å². The molecular weight excluding hydrogens is 258 g/mol. The Morgan fingerprint density at radius 1 is 1.42 bits per heavy atom. The number of thiazole rings is 1. The van der Waals surface area contributed by atoms with E-state index in [-0.39, 0.29) is 5.91 Å². The van der Waals surface area contributed by atoms with Gasteiger partial charge in [-0.05, 0) is 45.6 Å². The number of piperidine rings is 1. The second-order valence-electron chi connectivity index (χ2n) is 5.56. The van der Waals surface area contributed by atoms with Gasteiger partial charge < -0.3 is 10.2 Å². The molecule has 104 valence electrons. The highest BCUT2D eigenvalue weighted by Crippen LogP contribution is 2.27. The smallest absolute Gasteiger partial charge is 0.273 e. The average molecular weight is 279 g/mol. The third kappa shape index (κ3) is 2.67. The van der Waals surface area contributed by atoms with E-state index in [4.69, 9.17) is 0 Å². The molecule has 1 N–H and O–H groups in total. The first-order chi connectivity index (χ1) is 9.25. The van der Waals surface area contributed by atoms with E-state index in [1.165, 1.54) is 12.8 Å². The normalized spacial score (nSPS) is 27.7. The molecule has 2 unspecified atom stereocenters. The van der Waals surface area contributed by atoms with Crippen LogP contribution in [0.1, 0.15) is 60.6 Å². The van der Waals surface area contributed by atoms with Crippen LogP contribution in [-0.2, 0) is 0 Å². The van der Waals surface area contributed by atoms with E-state index in [1.807, 2.05) is 10.3 Å². The van der Waals surface area contributed by atoms with Crippen molar-refractivity contribution in [1.29, 1.82) is 0 Å². The van der Waals surface area contributed by atoms with Crippen LogP contribution in [0.4, 0.5) is 0 Å². The summed E-state index contributed by atoms with van der Waals surface area (Å²) >= 11 is 1.62. The molecule has 2 atom stereocenters. The summed E-state index contributed by atoms with van der Waals surface area (Å²) in [5.41, 5.74) is 0.641. The minimum absolute atomic E-state index is 0.118. The van der Waals surface area contributed by atoms with Crippen molar-refractivity contribution in [2.45, 2.75) is 51.1 Å². The molecule has 1 aromatic rings. The number of hydrogen-bond acceptors (Lipinski definition) is 4. The van der Waals surface area contributed by atoms with Crippen molar-refractivity contribution in [2.75, 3.05) is 13.1 Å². The van der Waals surface area contributed by atoms with Crippen molar-refractivity contribution in [3.05, 3.63) is 16.1 Å². The molecule has 0 radical (unpaired) electrons. The number of aromatic nitrogens is 1. The quantitative estimate of drug-likeness (QED) is 0.905. The summed E-state index contributed by atoms with van der Waals surface area (Å²) in [7, 11) is 0. The lowest BCUT2D eigenvalue weighted by molar-refractivity contribution is 0.0630. The van der Waals surface area contributed by atoms with Gasteiger partial charge in [-0.15, -0.1) is 11.3 Å². The largest absolute Gasteiger partial charge is 0.335 e. The van der Waals surface area contributed by atoms with Gasteiger partial charge in [0.1, 0.15) is 10.7 Å². The Hall–Kier alpha value is -0.940. The molecule has 0 aromatic carbocycles. The van der Waals surface area contributed by atoms with E-state index in [9.17, 15) is 4.79 Å². The van der Waals surface area contributed by atoms with Gasteiger partial charge in [0, 0.05) is 18.0 Å². The number of carbonyl (C=O) groups excluding carboxylic acids is 1.